The maximum Gasteiger partial charge on any atom is 0.238 e. The predicted molar refractivity (Wildman–Crippen MR) is 58.9 cm³/mol. The number of nitrogens with zero attached hydrogens (tertiary/aromatic N) is 1. The van der Waals surface area contributed by atoms with Gasteiger partial charge in [-0.1, -0.05) is 0 Å². The number of alkyl halides is 1. The molecule has 15 heavy (non-hydrogen) atoms. The first-order valence-corrected chi connectivity index (χ1v) is 6.33. The fraction of sp³-hybridized carbons (Fsp3) is 0.375. The number of pyridine rings is 1. The molecule has 0 saturated carbocycles. The standard InChI is InChI=1S/C8H11ClN2O3S/c1-14-8-7(3-2-5-10-8)11-15(12,13)6-4-9/h2-3,5,11H,4,6H2,1H3. The van der Waals surface area contributed by atoms with Crippen LogP contribution in [-0.2, 0) is 10.0 Å². The molecule has 0 unspecified atom stereocenters. The highest BCUT2D eigenvalue weighted by molar-refractivity contribution is 7.92. The van der Waals surface area contributed by atoms with Crippen LogP contribution in [0.25, 0.3) is 0 Å². The van der Waals surface area contributed by atoms with Gasteiger partial charge in [-0.25, -0.2) is 13.4 Å². The zero-order valence-corrected chi connectivity index (χ0v) is 9.68. The number of ether oxygens (including phenoxy) is 1. The molecule has 0 aliphatic carbocycles. The Kier molecular flexibility index (Phi) is 4.16. The molecule has 0 spiro atoms. The third kappa shape index (κ3) is 3.56. The Hall–Kier alpha value is -1.01. The van der Waals surface area contributed by atoms with Crippen LogP contribution in [0.4, 0.5) is 5.69 Å². The van der Waals surface area contributed by atoms with Crippen molar-refractivity contribution in [3.63, 3.8) is 0 Å². The van der Waals surface area contributed by atoms with Gasteiger partial charge in [-0.2, -0.15) is 0 Å². The van der Waals surface area contributed by atoms with E-state index in [9.17, 15) is 8.42 Å². The van der Waals surface area contributed by atoms with Crippen molar-refractivity contribution in [1.82, 2.24) is 4.98 Å². The summed E-state index contributed by atoms with van der Waals surface area (Å²) in [7, 11) is -2.00. The van der Waals surface area contributed by atoms with Gasteiger partial charge >= 0.3 is 0 Å². The van der Waals surface area contributed by atoms with E-state index in [0.29, 0.717) is 5.69 Å². The van der Waals surface area contributed by atoms with Crippen molar-refractivity contribution in [3.05, 3.63) is 18.3 Å². The average Bonchev–Trinajstić information content (AvgIpc) is 2.17. The largest absolute Gasteiger partial charge is 0.480 e. The predicted octanol–water partition coefficient (Wildman–Crippen LogP) is 1.07. The Morgan fingerprint density at radius 1 is 1.60 bits per heavy atom. The molecule has 0 saturated heterocycles. The number of aromatic nitrogens is 1. The summed E-state index contributed by atoms with van der Waals surface area (Å²) in [4.78, 5) is 3.86. The summed E-state index contributed by atoms with van der Waals surface area (Å²) in [5.74, 6) is 0.125. The molecule has 5 nitrogen and oxygen atoms in total. The number of sulfonamides is 1. The first-order chi connectivity index (χ1) is 7.09. The molecule has 1 rings (SSSR count). The van der Waals surface area contributed by atoms with Gasteiger partial charge in [-0.3, -0.25) is 4.72 Å². The van der Waals surface area contributed by atoms with Gasteiger partial charge in [0.05, 0.1) is 12.9 Å². The molecule has 0 aromatic carbocycles. The van der Waals surface area contributed by atoms with Gasteiger partial charge in [-0.05, 0) is 12.1 Å². The molecule has 0 bridgehead atoms. The van der Waals surface area contributed by atoms with Crippen LogP contribution in [0.15, 0.2) is 18.3 Å². The summed E-state index contributed by atoms with van der Waals surface area (Å²) in [5, 5.41) is 0. The second-order valence-electron chi connectivity index (χ2n) is 2.67. The van der Waals surface area contributed by atoms with Crippen molar-refractivity contribution in [2.75, 3.05) is 23.5 Å². The van der Waals surface area contributed by atoms with Gasteiger partial charge in [0.15, 0.2) is 0 Å². The molecule has 0 fully saturated rings. The molecule has 84 valence electrons. The van der Waals surface area contributed by atoms with Crippen molar-refractivity contribution in [1.29, 1.82) is 0 Å². The van der Waals surface area contributed by atoms with E-state index in [2.05, 4.69) is 9.71 Å². The van der Waals surface area contributed by atoms with Crippen LogP contribution in [0.1, 0.15) is 0 Å². The highest BCUT2D eigenvalue weighted by atomic mass is 35.5. The van der Waals surface area contributed by atoms with Crippen molar-refractivity contribution < 1.29 is 13.2 Å². The maximum absolute atomic E-state index is 11.4. The summed E-state index contributed by atoms with van der Waals surface area (Å²) in [6.45, 7) is 0. The van der Waals surface area contributed by atoms with Crippen molar-refractivity contribution >= 4 is 27.3 Å². The van der Waals surface area contributed by atoms with Crippen LogP contribution in [-0.4, -0.2) is 32.1 Å². The molecule has 0 radical (unpaired) electrons. The third-order valence-electron chi connectivity index (χ3n) is 1.58. The zero-order chi connectivity index (χ0) is 11.3. The maximum atomic E-state index is 11.4. The van der Waals surface area contributed by atoms with Gasteiger partial charge < -0.3 is 4.74 Å². The lowest BCUT2D eigenvalue weighted by molar-refractivity contribution is 0.400. The molecule has 1 N–H and O–H groups in total. The minimum Gasteiger partial charge on any atom is -0.480 e. The molecule has 7 heteroatoms. The number of halogens is 1. The van der Waals surface area contributed by atoms with Gasteiger partial charge in [0.25, 0.3) is 0 Å². The Bertz CT molecular complexity index is 422. The lowest BCUT2D eigenvalue weighted by atomic mass is 10.4. The van der Waals surface area contributed by atoms with E-state index in [1.165, 1.54) is 13.3 Å². The summed E-state index contributed by atoms with van der Waals surface area (Å²) >= 11 is 5.36. The normalized spacial score (nSPS) is 11.1. The fourth-order valence-electron chi connectivity index (χ4n) is 0.951. The quantitative estimate of drug-likeness (QED) is 0.794. The molecule has 1 heterocycles. The van der Waals surface area contributed by atoms with Crippen LogP contribution >= 0.6 is 11.6 Å². The van der Waals surface area contributed by atoms with Crippen LogP contribution in [0.3, 0.4) is 0 Å². The van der Waals surface area contributed by atoms with Crippen LogP contribution in [0.5, 0.6) is 5.88 Å². The third-order valence-corrected chi connectivity index (χ3v) is 3.26. The lowest BCUT2D eigenvalue weighted by Gasteiger charge is -2.09. The summed E-state index contributed by atoms with van der Waals surface area (Å²) in [5.41, 5.74) is 0.310. The first kappa shape index (κ1) is 12.1. The highest BCUT2D eigenvalue weighted by Gasteiger charge is 2.12. The monoisotopic (exact) mass is 250 g/mol. The second kappa shape index (κ2) is 5.18. The van der Waals surface area contributed by atoms with Gasteiger partial charge in [0.1, 0.15) is 5.69 Å². The van der Waals surface area contributed by atoms with E-state index in [1.54, 1.807) is 12.1 Å². The molecule has 1 aromatic heterocycles. The minimum absolute atomic E-state index is 0.0396. The second-order valence-corrected chi connectivity index (χ2v) is 4.89. The van der Waals surface area contributed by atoms with E-state index in [1.807, 2.05) is 0 Å². The summed E-state index contributed by atoms with van der Waals surface area (Å²) in [6.07, 6.45) is 1.51. The Balaban J connectivity index is 2.89. The van der Waals surface area contributed by atoms with Crippen LogP contribution in [0, 0.1) is 0 Å². The Morgan fingerprint density at radius 2 is 2.33 bits per heavy atom. The van der Waals surface area contributed by atoms with Crippen LogP contribution < -0.4 is 9.46 Å². The molecular weight excluding hydrogens is 240 g/mol. The molecule has 0 aliphatic heterocycles. The molecule has 0 aliphatic rings. The van der Waals surface area contributed by atoms with Gasteiger partial charge in [0.2, 0.25) is 15.9 Å². The fourth-order valence-corrected chi connectivity index (χ4v) is 2.36. The lowest BCUT2D eigenvalue weighted by Crippen LogP contribution is -2.18. The minimum atomic E-state index is -3.42. The molecule has 0 atom stereocenters. The zero-order valence-electron chi connectivity index (χ0n) is 8.10. The summed E-state index contributed by atoms with van der Waals surface area (Å²) < 4.78 is 30.0. The van der Waals surface area contributed by atoms with E-state index >= 15 is 0 Å². The summed E-state index contributed by atoms with van der Waals surface area (Å²) in [6, 6.07) is 3.18. The van der Waals surface area contributed by atoms with E-state index in [0.717, 1.165) is 0 Å². The molecule has 0 amide bonds. The van der Waals surface area contributed by atoms with E-state index < -0.39 is 10.0 Å². The Labute approximate surface area is 93.5 Å². The molecule has 1 aromatic rings. The molecular formula is C8H11ClN2O3S. The van der Waals surface area contributed by atoms with Gasteiger partial charge in [-0.15, -0.1) is 11.6 Å². The first-order valence-electron chi connectivity index (χ1n) is 4.14. The highest BCUT2D eigenvalue weighted by Crippen LogP contribution is 2.20. The number of nitrogens with one attached hydrogen (secondary N) is 1. The number of hydrogen-bond acceptors (Lipinski definition) is 4. The van der Waals surface area contributed by atoms with Crippen molar-refractivity contribution in [3.8, 4) is 5.88 Å². The number of anilines is 1. The number of methoxy groups -OCH3 is 1. The Morgan fingerprint density at radius 3 is 2.93 bits per heavy atom. The van der Waals surface area contributed by atoms with Crippen molar-refractivity contribution in [2.24, 2.45) is 0 Å². The van der Waals surface area contributed by atoms with Gasteiger partial charge in [0, 0.05) is 12.1 Å². The van der Waals surface area contributed by atoms with E-state index in [4.69, 9.17) is 16.3 Å². The van der Waals surface area contributed by atoms with E-state index in [-0.39, 0.29) is 17.5 Å². The van der Waals surface area contributed by atoms with Crippen LogP contribution in [0.2, 0.25) is 0 Å². The topological polar surface area (TPSA) is 68.3 Å². The number of hydrogen-bond donors (Lipinski definition) is 1. The average molecular weight is 251 g/mol. The SMILES string of the molecule is COc1ncccc1NS(=O)(=O)CCCl. The number of rotatable bonds is 5. The van der Waals surface area contributed by atoms with Crippen molar-refractivity contribution in [2.45, 2.75) is 0 Å². The smallest absolute Gasteiger partial charge is 0.238 e.